The molecule has 4 rings (SSSR count). The number of methoxy groups -OCH3 is 2. The highest BCUT2D eigenvalue weighted by molar-refractivity contribution is 8.00. The maximum Gasteiger partial charge on any atom is 0.221 e. The van der Waals surface area contributed by atoms with E-state index in [0.29, 0.717) is 27.9 Å². The third-order valence-corrected chi connectivity index (χ3v) is 6.59. The van der Waals surface area contributed by atoms with Crippen LogP contribution in [0.3, 0.4) is 0 Å². The molecule has 0 amide bonds. The van der Waals surface area contributed by atoms with E-state index in [9.17, 15) is 5.11 Å². The third-order valence-electron chi connectivity index (χ3n) is 4.94. The Labute approximate surface area is 172 Å². The summed E-state index contributed by atoms with van der Waals surface area (Å²) in [6, 6.07) is 9.39. The van der Waals surface area contributed by atoms with Gasteiger partial charge in [-0.2, -0.15) is 16.9 Å². The Balaban J connectivity index is 1.90. The molecule has 3 aromatic rings. The molecule has 28 heavy (non-hydrogen) atoms. The van der Waals surface area contributed by atoms with E-state index in [1.807, 2.05) is 53.6 Å². The molecule has 6 nitrogen and oxygen atoms in total. The maximum absolute atomic E-state index is 11.0. The number of fused-ring (bicyclic) bond motifs is 1. The fraction of sp³-hybridized carbons (Fsp3) is 0.300. The van der Waals surface area contributed by atoms with Crippen LogP contribution in [0.25, 0.3) is 10.9 Å². The van der Waals surface area contributed by atoms with Crippen LogP contribution >= 0.6 is 23.4 Å². The van der Waals surface area contributed by atoms with Gasteiger partial charge in [0.1, 0.15) is 0 Å². The molecule has 0 spiro atoms. The van der Waals surface area contributed by atoms with Gasteiger partial charge < -0.3 is 19.1 Å². The van der Waals surface area contributed by atoms with Crippen molar-refractivity contribution in [3.8, 4) is 17.4 Å². The molecule has 0 atom stereocenters. The number of thioether (sulfide) groups is 1. The summed E-state index contributed by atoms with van der Waals surface area (Å²) in [7, 11) is 3.18. The van der Waals surface area contributed by atoms with Crippen molar-refractivity contribution in [1.29, 1.82) is 0 Å². The Morgan fingerprint density at radius 3 is 2.50 bits per heavy atom. The predicted octanol–water partition coefficient (Wildman–Crippen LogP) is 6.03. The monoisotopic (exact) mass is 417 g/mol. The second-order valence-electron chi connectivity index (χ2n) is 6.54. The molecular weight excluding hydrogens is 398 g/mol. The maximum atomic E-state index is 11.0. The molecule has 2 heterocycles. The number of nitrogens with zero attached hydrogens (tertiary/aromatic N) is 3. The molecule has 0 aliphatic carbocycles. The first-order chi connectivity index (χ1) is 13.5. The number of rotatable bonds is 5. The van der Waals surface area contributed by atoms with Crippen molar-refractivity contribution in [3.63, 3.8) is 0 Å². The minimum absolute atomic E-state index is 0.0963. The Bertz CT molecular complexity index is 1080. The summed E-state index contributed by atoms with van der Waals surface area (Å²) in [6.07, 6.45) is 0. The van der Waals surface area contributed by atoms with Crippen LogP contribution in [-0.4, -0.2) is 35.4 Å². The van der Waals surface area contributed by atoms with Gasteiger partial charge in [-0.25, -0.2) is 0 Å². The molecular formula is C20H20ClN3O3S. The second kappa shape index (κ2) is 7.56. The van der Waals surface area contributed by atoms with Crippen LogP contribution in [0.15, 0.2) is 40.6 Å². The Hall–Kier alpha value is -2.38. The van der Waals surface area contributed by atoms with E-state index in [4.69, 9.17) is 21.1 Å². The van der Waals surface area contributed by atoms with Crippen molar-refractivity contribution >= 4 is 45.6 Å². The molecule has 1 fully saturated rings. The fourth-order valence-electron chi connectivity index (χ4n) is 3.25. The van der Waals surface area contributed by atoms with E-state index >= 15 is 0 Å². The average molecular weight is 418 g/mol. The molecule has 0 radical (unpaired) electrons. The summed E-state index contributed by atoms with van der Waals surface area (Å²) in [4.78, 5) is 0. The average Bonchev–Trinajstić information content (AvgIpc) is 2.91. The van der Waals surface area contributed by atoms with Gasteiger partial charge >= 0.3 is 0 Å². The standard InChI is InChI=1S/C20H20ClN3O3S/c1-11-14(21)5-4-6-15(11)22-23-19-13-7-17(26-2)18(27-3)8-16(13)24(20(19)25)12-9-28-10-12/h4-8,12,25H,9-10H2,1-3H3. The third kappa shape index (κ3) is 3.08. The van der Waals surface area contributed by atoms with Crippen molar-refractivity contribution in [2.75, 3.05) is 25.7 Å². The zero-order valence-corrected chi connectivity index (χ0v) is 17.3. The smallest absolute Gasteiger partial charge is 0.221 e. The zero-order valence-electron chi connectivity index (χ0n) is 15.8. The van der Waals surface area contributed by atoms with Gasteiger partial charge in [0, 0.05) is 28.0 Å². The van der Waals surface area contributed by atoms with Gasteiger partial charge in [0.2, 0.25) is 5.88 Å². The normalized spacial score (nSPS) is 14.6. The van der Waals surface area contributed by atoms with Crippen LogP contribution < -0.4 is 9.47 Å². The second-order valence-corrected chi connectivity index (χ2v) is 8.02. The number of ether oxygens (including phenoxy) is 2. The Kier molecular flexibility index (Phi) is 5.12. The molecule has 1 aliphatic rings. The van der Waals surface area contributed by atoms with Crippen LogP contribution in [0.2, 0.25) is 5.02 Å². The number of halogens is 1. The van der Waals surface area contributed by atoms with E-state index in [2.05, 4.69) is 10.2 Å². The first kappa shape index (κ1) is 19.0. The SMILES string of the molecule is COc1cc2c(N=Nc3cccc(Cl)c3C)c(O)n(C3CSC3)c2cc1OC. The molecule has 0 saturated carbocycles. The van der Waals surface area contributed by atoms with Crippen LogP contribution in [0.4, 0.5) is 11.4 Å². The van der Waals surface area contributed by atoms with Gasteiger partial charge in [-0.05, 0) is 30.7 Å². The minimum Gasteiger partial charge on any atom is -0.493 e. The van der Waals surface area contributed by atoms with E-state index in [1.165, 1.54) is 0 Å². The van der Waals surface area contributed by atoms with Crippen molar-refractivity contribution < 1.29 is 14.6 Å². The minimum atomic E-state index is 0.0963. The van der Waals surface area contributed by atoms with Crippen molar-refractivity contribution in [1.82, 2.24) is 4.57 Å². The summed E-state index contributed by atoms with van der Waals surface area (Å²) in [5.41, 5.74) is 2.75. The van der Waals surface area contributed by atoms with Crippen molar-refractivity contribution in [2.24, 2.45) is 10.2 Å². The lowest BCUT2D eigenvalue weighted by molar-refractivity contribution is 0.355. The van der Waals surface area contributed by atoms with Crippen LogP contribution in [0.1, 0.15) is 11.6 Å². The van der Waals surface area contributed by atoms with Crippen molar-refractivity contribution in [2.45, 2.75) is 13.0 Å². The fourth-order valence-corrected chi connectivity index (χ4v) is 4.17. The highest BCUT2D eigenvalue weighted by Crippen LogP contribution is 2.48. The molecule has 2 aromatic carbocycles. The number of hydrogen-bond donors (Lipinski definition) is 1. The van der Waals surface area contributed by atoms with Crippen LogP contribution in [0.5, 0.6) is 17.4 Å². The van der Waals surface area contributed by atoms with E-state index in [-0.39, 0.29) is 11.9 Å². The number of benzene rings is 2. The highest BCUT2D eigenvalue weighted by atomic mass is 35.5. The molecule has 0 bridgehead atoms. The lowest BCUT2D eigenvalue weighted by Crippen LogP contribution is -2.22. The summed E-state index contributed by atoms with van der Waals surface area (Å²) in [6.45, 7) is 1.89. The summed E-state index contributed by atoms with van der Waals surface area (Å²) in [5.74, 6) is 3.16. The van der Waals surface area contributed by atoms with E-state index < -0.39 is 0 Å². The van der Waals surface area contributed by atoms with Gasteiger partial charge in [0.25, 0.3) is 0 Å². The van der Waals surface area contributed by atoms with Gasteiger partial charge in [0.15, 0.2) is 17.2 Å². The number of aromatic hydroxyl groups is 1. The van der Waals surface area contributed by atoms with Gasteiger partial charge in [-0.15, -0.1) is 5.11 Å². The van der Waals surface area contributed by atoms with E-state index in [1.54, 1.807) is 14.2 Å². The lowest BCUT2D eigenvalue weighted by atomic mass is 10.2. The highest BCUT2D eigenvalue weighted by Gasteiger charge is 2.28. The summed E-state index contributed by atoms with van der Waals surface area (Å²) in [5, 5.41) is 21.1. The van der Waals surface area contributed by atoms with Gasteiger partial charge in [0.05, 0.1) is 31.5 Å². The lowest BCUT2D eigenvalue weighted by Gasteiger charge is -2.28. The first-order valence-corrected chi connectivity index (χ1v) is 10.3. The predicted molar refractivity (Wildman–Crippen MR) is 113 cm³/mol. The molecule has 1 aliphatic heterocycles. The number of hydrogen-bond acceptors (Lipinski definition) is 6. The van der Waals surface area contributed by atoms with E-state index in [0.717, 1.165) is 28.0 Å². The largest absolute Gasteiger partial charge is 0.493 e. The van der Waals surface area contributed by atoms with Gasteiger partial charge in [-0.1, -0.05) is 17.7 Å². The molecule has 0 unspecified atom stereocenters. The van der Waals surface area contributed by atoms with Gasteiger partial charge in [-0.3, -0.25) is 0 Å². The van der Waals surface area contributed by atoms with Crippen LogP contribution in [0, 0.1) is 6.92 Å². The molecule has 1 saturated heterocycles. The topological polar surface area (TPSA) is 68.3 Å². The molecule has 146 valence electrons. The first-order valence-electron chi connectivity index (χ1n) is 8.78. The van der Waals surface area contributed by atoms with Crippen molar-refractivity contribution in [3.05, 3.63) is 40.9 Å². The molecule has 8 heteroatoms. The summed E-state index contributed by atoms with van der Waals surface area (Å²) < 4.78 is 12.8. The molecule has 1 aromatic heterocycles. The number of azo groups is 1. The Morgan fingerprint density at radius 1 is 1.14 bits per heavy atom. The zero-order chi connectivity index (χ0) is 19.8. The molecule has 1 N–H and O–H groups in total. The van der Waals surface area contributed by atoms with Crippen LogP contribution in [-0.2, 0) is 0 Å². The number of aromatic nitrogens is 1. The quantitative estimate of drug-likeness (QED) is 0.514. The Morgan fingerprint density at radius 2 is 1.86 bits per heavy atom. The summed E-state index contributed by atoms with van der Waals surface area (Å²) >= 11 is 8.02.